The minimum absolute atomic E-state index is 0.322. The molecule has 0 radical (unpaired) electrons. The van der Waals surface area contributed by atoms with Crippen molar-refractivity contribution in [3.05, 3.63) is 60.2 Å². The van der Waals surface area contributed by atoms with E-state index in [1.165, 1.54) is 16.7 Å². The van der Waals surface area contributed by atoms with Crippen LogP contribution in [0.15, 0.2) is 54.6 Å². The summed E-state index contributed by atoms with van der Waals surface area (Å²) in [5.74, 6) is 0. The van der Waals surface area contributed by atoms with Gasteiger partial charge in [0, 0.05) is 0 Å². The molecule has 0 unspecified atom stereocenters. The molecule has 0 atom stereocenters. The van der Waals surface area contributed by atoms with Gasteiger partial charge in [0.2, 0.25) is 0 Å². The molecule has 2 aromatic rings. The molecule has 2 heteroatoms. The Morgan fingerprint density at radius 3 is 2.29 bits per heavy atom. The molecule has 2 aromatic carbocycles. The van der Waals surface area contributed by atoms with Crippen LogP contribution >= 0.6 is 0 Å². The van der Waals surface area contributed by atoms with Gasteiger partial charge in [0.15, 0.2) is 0 Å². The van der Waals surface area contributed by atoms with Crippen molar-refractivity contribution in [1.29, 1.82) is 5.26 Å². The first-order chi connectivity index (χ1) is 10.2. The van der Waals surface area contributed by atoms with Crippen LogP contribution < -0.4 is 0 Å². The van der Waals surface area contributed by atoms with E-state index >= 15 is 0 Å². The molecule has 0 aliphatic carbocycles. The SMILES string of the molecule is CN1CCC(C#N)(c2cccc(-c3ccccc3)c2)CC1. The van der Waals surface area contributed by atoms with E-state index in [0.717, 1.165) is 25.9 Å². The highest BCUT2D eigenvalue weighted by Crippen LogP contribution is 2.36. The number of hydrogen-bond donors (Lipinski definition) is 0. The van der Waals surface area contributed by atoms with Gasteiger partial charge in [-0.3, -0.25) is 0 Å². The molecule has 21 heavy (non-hydrogen) atoms. The zero-order valence-electron chi connectivity index (χ0n) is 12.4. The van der Waals surface area contributed by atoms with E-state index in [1.54, 1.807) is 0 Å². The lowest BCUT2D eigenvalue weighted by Crippen LogP contribution is -2.39. The fraction of sp³-hybridized carbons (Fsp3) is 0.316. The lowest BCUT2D eigenvalue weighted by atomic mass is 9.73. The molecule has 2 nitrogen and oxygen atoms in total. The largest absolute Gasteiger partial charge is 0.306 e. The number of nitrogens with zero attached hydrogens (tertiary/aromatic N) is 2. The molecular formula is C19H20N2. The van der Waals surface area contributed by atoms with Crippen LogP contribution in [0.5, 0.6) is 0 Å². The van der Waals surface area contributed by atoms with Crippen molar-refractivity contribution in [2.75, 3.05) is 20.1 Å². The second-order valence-corrected chi connectivity index (χ2v) is 5.94. The van der Waals surface area contributed by atoms with Crippen LogP contribution in [0.2, 0.25) is 0 Å². The lowest BCUT2D eigenvalue weighted by molar-refractivity contribution is 0.222. The van der Waals surface area contributed by atoms with Gasteiger partial charge < -0.3 is 4.90 Å². The summed E-state index contributed by atoms with van der Waals surface area (Å²) >= 11 is 0. The van der Waals surface area contributed by atoms with Crippen LogP contribution in [0, 0.1) is 11.3 Å². The van der Waals surface area contributed by atoms with Gasteiger partial charge >= 0.3 is 0 Å². The number of piperidine rings is 1. The molecule has 1 heterocycles. The molecule has 0 aromatic heterocycles. The Hall–Kier alpha value is -2.11. The highest BCUT2D eigenvalue weighted by molar-refractivity contribution is 5.64. The number of nitriles is 1. The summed E-state index contributed by atoms with van der Waals surface area (Å²) in [6.45, 7) is 1.98. The lowest BCUT2D eigenvalue weighted by Gasteiger charge is -2.36. The number of hydrogen-bond acceptors (Lipinski definition) is 2. The van der Waals surface area contributed by atoms with Crippen LogP contribution in [0.4, 0.5) is 0 Å². The summed E-state index contributed by atoms with van der Waals surface area (Å²) in [7, 11) is 2.13. The summed E-state index contributed by atoms with van der Waals surface area (Å²) in [4.78, 5) is 2.30. The number of benzene rings is 2. The third-order valence-corrected chi connectivity index (χ3v) is 4.58. The fourth-order valence-electron chi connectivity index (χ4n) is 3.09. The molecule has 1 aliphatic rings. The topological polar surface area (TPSA) is 27.0 Å². The highest BCUT2D eigenvalue weighted by Gasteiger charge is 2.35. The Morgan fingerprint density at radius 1 is 0.952 bits per heavy atom. The minimum atomic E-state index is -0.322. The highest BCUT2D eigenvalue weighted by atomic mass is 15.1. The number of rotatable bonds is 2. The van der Waals surface area contributed by atoms with Crippen molar-refractivity contribution in [1.82, 2.24) is 4.90 Å². The van der Waals surface area contributed by atoms with Crippen LogP contribution in [-0.2, 0) is 5.41 Å². The van der Waals surface area contributed by atoms with Crippen LogP contribution in [0.3, 0.4) is 0 Å². The fourth-order valence-corrected chi connectivity index (χ4v) is 3.09. The van der Waals surface area contributed by atoms with Crippen molar-refractivity contribution in [2.24, 2.45) is 0 Å². The standard InChI is InChI=1S/C19H20N2/c1-21-12-10-19(15-20,11-13-21)18-9-5-8-17(14-18)16-6-3-2-4-7-16/h2-9,14H,10-13H2,1H3. The van der Waals surface area contributed by atoms with Gasteiger partial charge in [-0.1, -0.05) is 48.5 Å². The van der Waals surface area contributed by atoms with E-state index in [-0.39, 0.29) is 5.41 Å². The van der Waals surface area contributed by atoms with Crippen molar-refractivity contribution in [3.8, 4) is 17.2 Å². The maximum absolute atomic E-state index is 9.77. The third-order valence-electron chi connectivity index (χ3n) is 4.58. The van der Waals surface area contributed by atoms with E-state index < -0.39 is 0 Å². The van der Waals surface area contributed by atoms with Crippen molar-refractivity contribution in [2.45, 2.75) is 18.3 Å². The van der Waals surface area contributed by atoms with Crippen molar-refractivity contribution in [3.63, 3.8) is 0 Å². The van der Waals surface area contributed by atoms with Gasteiger partial charge in [-0.15, -0.1) is 0 Å². The van der Waals surface area contributed by atoms with Gasteiger partial charge in [-0.25, -0.2) is 0 Å². The first-order valence-electron chi connectivity index (χ1n) is 7.49. The predicted molar refractivity (Wildman–Crippen MR) is 85.9 cm³/mol. The van der Waals surface area contributed by atoms with E-state index in [0.29, 0.717) is 0 Å². The van der Waals surface area contributed by atoms with E-state index in [1.807, 2.05) is 6.07 Å². The van der Waals surface area contributed by atoms with E-state index in [4.69, 9.17) is 0 Å². The third kappa shape index (κ3) is 2.70. The molecule has 0 saturated carbocycles. The monoisotopic (exact) mass is 276 g/mol. The maximum Gasteiger partial charge on any atom is 0.0846 e. The van der Waals surface area contributed by atoms with E-state index in [9.17, 15) is 5.26 Å². The summed E-state index contributed by atoms with van der Waals surface area (Å²) in [6, 6.07) is 21.5. The average Bonchev–Trinajstić information content (AvgIpc) is 2.57. The Labute approximate surface area is 126 Å². The van der Waals surface area contributed by atoms with Gasteiger partial charge in [0.05, 0.1) is 11.5 Å². The Balaban J connectivity index is 1.98. The van der Waals surface area contributed by atoms with Crippen molar-refractivity contribution >= 4 is 0 Å². The van der Waals surface area contributed by atoms with Crippen LogP contribution in [-0.4, -0.2) is 25.0 Å². The second-order valence-electron chi connectivity index (χ2n) is 5.94. The molecule has 0 spiro atoms. The Morgan fingerprint density at radius 2 is 1.62 bits per heavy atom. The Bertz CT molecular complexity index is 647. The molecule has 3 rings (SSSR count). The van der Waals surface area contributed by atoms with Gasteiger partial charge in [-0.05, 0) is 55.7 Å². The molecule has 1 aliphatic heterocycles. The predicted octanol–water partition coefficient (Wildman–Crippen LogP) is 3.84. The first kappa shape index (κ1) is 13.9. The zero-order valence-corrected chi connectivity index (χ0v) is 12.4. The molecule has 106 valence electrons. The van der Waals surface area contributed by atoms with Crippen LogP contribution in [0.25, 0.3) is 11.1 Å². The second kappa shape index (κ2) is 5.71. The van der Waals surface area contributed by atoms with Gasteiger partial charge in [0.25, 0.3) is 0 Å². The normalized spacial score (nSPS) is 18.1. The average molecular weight is 276 g/mol. The summed E-state index contributed by atoms with van der Waals surface area (Å²) in [5.41, 5.74) is 3.25. The minimum Gasteiger partial charge on any atom is -0.306 e. The van der Waals surface area contributed by atoms with Crippen LogP contribution in [0.1, 0.15) is 18.4 Å². The van der Waals surface area contributed by atoms with Gasteiger partial charge in [-0.2, -0.15) is 5.26 Å². The molecule has 0 N–H and O–H groups in total. The summed E-state index contributed by atoms with van der Waals surface area (Å²) in [5, 5.41) is 9.77. The number of likely N-dealkylation sites (tertiary alicyclic amines) is 1. The molecule has 1 fully saturated rings. The van der Waals surface area contributed by atoms with E-state index in [2.05, 4.69) is 66.5 Å². The molecule has 0 amide bonds. The van der Waals surface area contributed by atoms with Crippen molar-refractivity contribution < 1.29 is 0 Å². The summed E-state index contributed by atoms with van der Waals surface area (Å²) < 4.78 is 0. The maximum atomic E-state index is 9.77. The molecule has 0 bridgehead atoms. The van der Waals surface area contributed by atoms with Gasteiger partial charge in [0.1, 0.15) is 0 Å². The summed E-state index contributed by atoms with van der Waals surface area (Å²) in [6.07, 6.45) is 1.83. The molecule has 1 saturated heterocycles. The molecular weight excluding hydrogens is 256 g/mol. The Kier molecular flexibility index (Phi) is 3.77. The smallest absolute Gasteiger partial charge is 0.0846 e. The quantitative estimate of drug-likeness (QED) is 0.833. The zero-order chi connectivity index (χ0) is 14.7. The first-order valence-corrected chi connectivity index (χ1v) is 7.49.